The van der Waals surface area contributed by atoms with Crippen LogP contribution in [0.1, 0.15) is 98.4 Å². The van der Waals surface area contributed by atoms with Crippen molar-refractivity contribution in [1.82, 2.24) is 9.97 Å². The first-order valence-corrected chi connectivity index (χ1v) is 11.9. The number of aromatic nitrogens is 2. The summed E-state index contributed by atoms with van der Waals surface area (Å²) in [5, 5.41) is 12.6. The fourth-order valence-corrected chi connectivity index (χ4v) is 4.58. The minimum atomic E-state index is -0.144. The molecule has 1 unspecified atom stereocenters. The highest BCUT2D eigenvalue weighted by molar-refractivity contribution is 7.99. The molecule has 1 aromatic carbocycles. The zero-order chi connectivity index (χ0) is 22.0. The Labute approximate surface area is 182 Å². The van der Waals surface area contributed by atoms with Crippen molar-refractivity contribution in [2.45, 2.75) is 109 Å². The second-order valence-electron chi connectivity index (χ2n) is 10.2. The number of rotatable bonds is 7. The van der Waals surface area contributed by atoms with E-state index in [-0.39, 0.29) is 10.8 Å². The molecule has 0 amide bonds. The van der Waals surface area contributed by atoms with E-state index in [2.05, 4.69) is 79.4 Å². The molecule has 0 aliphatic heterocycles. The van der Waals surface area contributed by atoms with Gasteiger partial charge in [0.2, 0.25) is 0 Å². The fourth-order valence-electron chi connectivity index (χ4n) is 3.59. The van der Waals surface area contributed by atoms with Gasteiger partial charge in [0, 0.05) is 27.6 Å². The van der Waals surface area contributed by atoms with E-state index in [1.807, 2.05) is 11.8 Å². The van der Waals surface area contributed by atoms with E-state index in [1.54, 1.807) is 0 Å². The molecule has 0 bridgehead atoms. The largest absolute Gasteiger partial charge is 0.507 e. The molecule has 4 heteroatoms. The molecule has 2 aromatic rings. The van der Waals surface area contributed by atoms with Crippen molar-refractivity contribution < 1.29 is 5.11 Å². The number of hydrogen-bond donors (Lipinski definition) is 2. The first kappa shape index (κ1) is 23.9. The van der Waals surface area contributed by atoms with Crippen LogP contribution in [0.25, 0.3) is 11.3 Å². The number of nitrogens with zero attached hydrogens (tertiary/aromatic N) is 1. The van der Waals surface area contributed by atoms with Crippen LogP contribution in [-0.4, -0.2) is 20.3 Å². The topological polar surface area (TPSA) is 48.9 Å². The highest BCUT2D eigenvalue weighted by Crippen LogP contribution is 2.42. The highest BCUT2D eigenvalue weighted by Gasteiger charge is 2.28. The van der Waals surface area contributed by atoms with Crippen molar-refractivity contribution >= 4 is 11.8 Å². The van der Waals surface area contributed by atoms with Crippen molar-refractivity contribution in [3.63, 3.8) is 0 Å². The van der Waals surface area contributed by atoms with Gasteiger partial charge in [-0.05, 0) is 35.8 Å². The maximum atomic E-state index is 11.0. The summed E-state index contributed by atoms with van der Waals surface area (Å²) in [6.07, 6.45) is 4.60. The summed E-state index contributed by atoms with van der Waals surface area (Å²) >= 11 is 1.84. The third-order valence-corrected chi connectivity index (χ3v) is 6.44. The average molecular weight is 417 g/mol. The number of phenolic OH excluding ortho intramolecular Hbond substituents is 1. The highest BCUT2D eigenvalue weighted by atomic mass is 32.2. The van der Waals surface area contributed by atoms with Crippen molar-refractivity contribution in [2.75, 3.05) is 0 Å². The van der Waals surface area contributed by atoms with E-state index in [9.17, 15) is 5.11 Å². The lowest BCUT2D eigenvalue weighted by atomic mass is 9.78. The number of unbranched alkanes of at least 4 members (excludes halogenated alkanes) is 1. The molecule has 162 valence electrons. The monoisotopic (exact) mass is 416 g/mol. The summed E-state index contributed by atoms with van der Waals surface area (Å²) in [5.41, 5.74) is 4.96. The number of imidazole rings is 1. The van der Waals surface area contributed by atoms with Crippen LogP contribution >= 0.6 is 11.8 Å². The fraction of sp³-hybridized carbons (Fsp3) is 0.640. The van der Waals surface area contributed by atoms with Crippen LogP contribution < -0.4 is 0 Å². The molecular weight excluding hydrogens is 376 g/mol. The molecular formula is C25H40N2OS. The van der Waals surface area contributed by atoms with Crippen LogP contribution in [0.3, 0.4) is 0 Å². The third kappa shape index (κ3) is 5.81. The van der Waals surface area contributed by atoms with Crippen molar-refractivity contribution in [2.24, 2.45) is 0 Å². The van der Waals surface area contributed by atoms with Crippen LogP contribution in [0.4, 0.5) is 0 Å². The van der Waals surface area contributed by atoms with Gasteiger partial charge in [-0.2, -0.15) is 0 Å². The lowest BCUT2D eigenvalue weighted by molar-refractivity contribution is 0.423. The minimum Gasteiger partial charge on any atom is -0.507 e. The molecule has 0 aliphatic carbocycles. The summed E-state index contributed by atoms with van der Waals surface area (Å²) in [6.45, 7) is 19.6. The predicted molar refractivity (Wildman–Crippen MR) is 127 cm³/mol. The Morgan fingerprint density at radius 3 is 2.03 bits per heavy atom. The van der Waals surface area contributed by atoms with Crippen LogP contribution in [0.15, 0.2) is 17.3 Å². The summed E-state index contributed by atoms with van der Waals surface area (Å²) in [7, 11) is 0. The Kier molecular flexibility index (Phi) is 7.53. The standard InChI is InChI=1S/C25H40N2OS/c1-10-12-13-16(3)29-23-26-20(11-2)21(27-23)17-14-18(24(4,5)6)22(28)19(15-17)25(7,8)9/h14-16,28H,10-13H2,1-9H3,(H,26,27). The van der Waals surface area contributed by atoms with E-state index >= 15 is 0 Å². The first-order chi connectivity index (χ1) is 13.4. The molecule has 2 rings (SSSR count). The maximum absolute atomic E-state index is 11.0. The molecule has 1 atom stereocenters. The number of H-pyrrole nitrogens is 1. The molecule has 0 spiro atoms. The molecule has 0 fully saturated rings. The second-order valence-corrected chi connectivity index (χ2v) is 11.6. The van der Waals surface area contributed by atoms with E-state index in [0.717, 1.165) is 34.0 Å². The quantitative estimate of drug-likeness (QED) is 0.457. The predicted octanol–water partition coefficient (Wildman–Crippen LogP) is 7.61. The number of benzene rings is 1. The van der Waals surface area contributed by atoms with E-state index in [0.29, 0.717) is 11.0 Å². The Bertz CT molecular complexity index is 789. The Morgan fingerprint density at radius 2 is 1.59 bits per heavy atom. The molecule has 0 aliphatic rings. The zero-order valence-electron chi connectivity index (χ0n) is 19.9. The summed E-state index contributed by atoms with van der Waals surface area (Å²) in [5.74, 6) is 0.421. The Hall–Kier alpha value is -1.42. The van der Waals surface area contributed by atoms with Gasteiger partial charge in [-0.15, -0.1) is 0 Å². The number of nitrogens with one attached hydrogen (secondary N) is 1. The van der Waals surface area contributed by atoms with Crippen molar-refractivity contribution in [3.8, 4) is 17.0 Å². The van der Waals surface area contributed by atoms with Gasteiger partial charge in [0.1, 0.15) is 5.75 Å². The number of aryl methyl sites for hydroxylation is 1. The molecule has 1 aromatic heterocycles. The van der Waals surface area contributed by atoms with Gasteiger partial charge < -0.3 is 10.1 Å². The minimum absolute atomic E-state index is 0.144. The van der Waals surface area contributed by atoms with Gasteiger partial charge in [0.25, 0.3) is 0 Å². The number of phenols is 1. The van der Waals surface area contributed by atoms with Crippen LogP contribution in [0, 0.1) is 0 Å². The van der Waals surface area contributed by atoms with Gasteiger partial charge in [-0.3, -0.25) is 0 Å². The molecule has 0 saturated carbocycles. The summed E-state index contributed by atoms with van der Waals surface area (Å²) in [6, 6.07) is 4.27. The normalized spacial score (nSPS) is 13.7. The summed E-state index contributed by atoms with van der Waals surface area (Å²) < 4.78 is 0. The van der Waals surface area contributed by atoms with Crippen molar-refractivity contribution in [3.05, 3.63) is 29.0 Å². The lowest BCUT2D eigenvalue weighted by Gasteiger charge is -2.28. The van der Waals surface area contributed by atoms with Crippen molar-refractivity contribution in [1.29, 1.82) is 0 Å². The number of aromatic hydroxyl groups is 1. The van der Waals surface area contributed by atoms with Gasteiger partial charge in [0.15, 0.2) is 5.16 Å². The molecule has 3 nitrogen and oxygen atoms in total. The SMILES string of the molecule is CCCCC(C)Sc1nc(-c2cc(C(C)(C)C)c(O)c(C(C)(C)C)c2)c(CC)[nH]1. The van der Waals surface area contributed by atoms with E-state index < -0.39 is 0 Å². The van der Waals surface area contributed by atoms with Crippen LogP contribution in [0.2, 0.25) is 0 Å². The second kappa shape index (κ2) is 9.16. The Balaban J connectivity index is 2.56. The molecule has 1 heterocycles. The zero-order valence-corrected chi connectivity index (χ0v) is 20.7. The average Bonchev–Trinajstić information content (AvgIpc) is 3.00. The molecule has 2 N–H and O–H groups in total. The van der Waals surface area contributed by atoms with Gasteiger partial charge in [-0.25, -0.2) is 4.98 Å². The first-order valence-electron chi connectivity index (χ1n) is 11.0. The maximum Gasteiger partial charge on any atom is 0.166 e. The molecule has 0 saturated heterocycles. The van der Waals surface area contributed by atoms with Crippen LogP contribution in [0.5, 0.6) is 5.75 Å². The lowest BCUT2D eigenvalue weighted by Crippen LogP contribution is -2.17. The van der Waals surface area contributed by atoms with Crippen LogP contribution in [-0.2, 0) is 17.3 Å². The Morgan fingerprint density at radius 1 is 1.03 bits per heavy atom. The van der Waals surface area contributed by atoms with Gasteiger partial charge in [0.05, 0.1) is 5.69 Å². The summed E-state index contributed by atoms with van der Waals surface area (Å²) in [4.78, 5) is 8.56. The number of hydrogen-bond acceptors (Lipinski definition) is 3. The van der Waals surface area contributed by atoms with E-state index in [1.165, 1.54) is 25.0 Å². The smallest absolute Gasteiger partial charge is 0.166 e. The van der Waals surface area contributed by atoms with Gasteiger partial charge >= 0.3 is 0 Å². The van der Waals surface area contributed by atoms with E-state index in [4.69, 9.17) is 4.98 Å². The number of aromatic amines is 1. The number of thioether (sulfide) groups is 1. The molecule has 0 radical (unpaired) electrons. The van der Waals surface area contributed by atoms with Gasteiger partial charge in [-0.1, -0.05) is 86.9 Å². The molecule has 29 heavy (non-hydrogen) atoms. The third-order valence-electron chi connectivity index (χ3n) is 5.39.